The second-order valence-corrected chi connectivity index (χ2v) is 6.03. The van der Waals surface area contributed by atoms with Crippen LogP contribution in [0.3, 0.4) is 0 Å². The van der Waals surface area contributed by atoms with Crippen molar-refractivity contribution in [1.82, 2.24) is 0 Å². The molecule has 0 radical (unpaired) electrons. The molecule has 1 aromatic carbocycles. The van der Waals surface area contributed by atoms with E-state index >= 15 is 0 Å². The van der Waals surface area contributed by atoms with Crippen molar-refractivity contribution in [3.8, 4) is 11.5 Å². The van der Waals surface area contributed by atoms with E-state index in [9.17, 15) is 0 Å². The van der Waals surface area contributed by atoms with Crippen LogP contribution in [0, 0.1) is 0 Å². The van der Waals surface area contributed by atoms with Crippen LogP contribution < -0.4 is 9.47 Å². The smallest absolute Gasteiger partial charge is 0.161 e. The minimum atomic E-state index is -0.0180. The average molecular weight is 329 g/mol. The molecule has 0 spiro atoms. The molecule has 1 unspecified atom stereocenters. The molecular formula is C15H21BrO3. The van der Waals surface area contributed by atoms with E-state index < -0.39 is 0 Å². The van der Waals surface area contributed by atoms with E-state index in [0.29, 0.717) is 6.61 Å². The Bertz CT molecular complexity index is 431. The molecule has 1 aliphatic rings. The lowest BCUT2D eigenvalue weighted by Crippen LogP contribution is -2.24. The topological polar surface area (TPSA) is 27.7 Å². The van der Waals surface area contributed by atoms with E-state index in [1.807, 2.05) is 18.2 Å². The van der Waals surface area contributed by atoms with Crippen LogP contribution in [0.1, 0.15) is 32.3 Å². The molecule has 3 nitrogen and oxygen atoms in total. The summed E-state index contributed by atoms with van der Waals surface area (Å²) < 4.78 is 17.1. The van der Waals surface area contributed by atoms with Crippen molar-refractivity contribution in [2.24, 2.45) is 0 Å². The summed E-state index contributed by atoms with van der Waals surface area (Å²) in [6.07, 6.45) is 2.31. The SMILES string of the molecule is COc1ccc(CBr)cc1OCC1CCC(C)(C)O1. The number of methoxy groups -OCH3 is 1. The number of halogens is 1. The quantitative estimate of drug-likeness (QED) is 0.766. The lowest BCUT2D eigenvalue weighted by Gasteiger charge is -2.20. The van der Waals surface area contributed by atoms with Crippen LogP contribution in [-0.4, -0.2) is 25.4 Å². The van der Waals surface area contributed by atoms with Crippen LogP contribution in [-0.2, 0) is 10.1 Å². The molecule has 1 aliphatic heterocycles. The number of ether oxygens (including phenoxy) is 3. The molecular weight excluding hydrogens is 308 g/mol. The van der Waals surface area contributed by atoms with Gasteiger partial charge in [-0.2, -0.15) is 0 Å². The minimum absolute atomic E-state index is 0.0180. The summed E-state index contributed by atoms with van der Waals surface area (Å²) in [5, 5.41) is 0.806. The molecule has 0 amide bonds. The summed E-state index contributed by atoms with van der Waals surface area (Å²) in [7, 11) is 1.66. The Balaban J connectivity index is 1.98. The van der Waals surface area contributed by atoms with Crippen molar-refractivity contribution < 1.29 is 14.2 Å². The van der Waals surface area contributed by atoms with E-state index in [4.69, 9.17) is 14.2 Å². The van der Waals surface area contributed by atoms with Crippen molar-refractivity contribution >= 4 is 15.9 Å². The first-order chi connectivity index (χ1) is 9.04. The van der Waals surface area contributed by atoms with E-state index in [1.165, 1.54) is 5.56 Å². The van der Waals surface area contributed by atoms with Crippen LogP contribution in [0.25, 0.3) is 0 Å². The van der Waals surface area contributed by atoms with Crippen molar-refractivity contribution in [3.63, 3.8) is 0 Å². The molecule has 4 heteroatoms. The van der Waals surface area contributed by atoms with Gasteiger partial charge in [0, 0.05) is 5.33 Å². The maximum absolute atomic E-state index is 5.93. The highest BCUT2D eigenvalue weighted by Crippen LogP contribution is 2.32. The normalized spacial score (nSPS) is 21.4. The lowest BCUT2D eigenvalue weighted by atomic mass is 10.1. The van der Waals surface area contributed by atoms with E-state index in [-0.39, 0.29) is 11.7 Å². The first-order valence-corrected chi connectivity index (χ1v) is 7.70. The molecule has 0 saturated carbocycles. The lowest BCUT2D eigenvalue weighted by molar-refractivity contribution is -0.0329. The highest BCUT2D eigenvalue weighted by atomic mass is 79.9. The number of hydrogen-bond acceptors (Lipinski definition) is 3. The van der Waals surface area contributed by atoms with Gasteiger partial charge in [-0.1, -0.05) is 22.0 Å². The third kappa shape index (κ3) is 3.86. The molecule has 19 heavy (non-hydrogen) atoms. The Kier molecular flexibility index (Phi) is 4.74. The fourth-order valence-corrected chi connectivity index (χ4v) is 2.64. The molecule has 0 N–H and O–H groups in total. The van der Waals surface area contributed by atoms with Crippen molar-refractivity contribution in [3.05, 3.63) is 23.8 Å². The van der Waals surface area contributed by atoms with Gasteiger partial charge in [0.2, 0.25) is 0 Å². The Morgan fingerprint density at radius 1 is 1.37 bits per heavy atom. The monoisotopic (exact) mass is 328 g/mol. The Labute approximate surface area is 123 Å². The fourth-order valence-electron chi connectivity index (χ4n) is 2.29. The molecule has 1 heterocycles. The van der Waals surface area contributed by atoms with E-state index in [0.717, 1.165) is 29.7 Å². The third-order valence-corrected chi connectivity index (χ3v) is 4.01. The van der Waals surface area contributed by atoms with Gasteiger partial charge in [0.05, 0.1) is 18.8 Å². The second kappa shape index (κ2) is 6.14. The Hall–Kier alpha value is -0.740. The van der Waals surface area contributed by atoms with Gasteiger partial charge in [-0.3, -0.25) is 0 Å². The Morgan fingerprint density at radius 3 is 2.74 bits per heavy atom. The zero-order valence-corrected chi connectivity index (χ0v) is 13.3. The van der Waals surface area contributed by atoms with Gasteiger partial charge >= 0.3 is 0 Å². The van der Waals surface area contributed by atoms with Gasteiger partial charge in [-0.05, 0) is 44.4 Å². The minimum Gasteiger partial charge on any atom is -0.493 e. The fraction of sp³-hybridized carbons (Fsp3) is 0.600. The summed E-state index contributed by atoms with van der Waals surface area (Å²) in [5.41, 5.74) is 1.15. The van der Waals surface area contributed by atoms with E-state index in [1.54, 1.807) is 7.11 Å². The first kappa shape index (κ1) is 14.7. The third-order valence-electron chi connectivity index (χ3n) is 3.36. The molecule has 106 valence electrons. The van der Waals surface area contributed by atoms with Gasteiger partial charge in [0.15, 0.2) is 11.5 Å². The average Bonchev–Trinajstić information content (AvgIpc) is 2.75. The highest BCUT2D eigenvalue weighted by molar-refractivity contribution is 9.08. The van der Waals surface area contributed by atoms with Gasteiger partial charge in [-0.25, -0.2) is 0 Å². The number of rotatable bonds is 5. The number of hydrogen-bond donors (Lipinski definition) is 0. The largest absolute Gasteiger partial charge is 0.493 e. The van der Waals surface area contributed by atoms with E-state index in [2.05, 4.69) is 29.8 Å². The molecule has 0 aliphatic carbocycles. The van der Waals surface area contributed by atoms with Crippen LogP contribution in [0.15, 0.2) is 18.2 Å². The summed E-state index contributed by atoms with van der Waals surface area (Å²) in [6.45, 7) is 4.82. The first-order valence-electron chi connectivity index (χ1n) is 6.57. The van der Waals surface area contributed by atoms with Gasteiger partial charge in [0.1, 0.15) is 6.61 Å². The summed E-state index contributed by atoms with van der Waals surface area (Å²) >= 11 is 3.45. The van der Waals surface area contributed by atoms with Gasteiger partial charge in [0.25, 0.3) is 0 Å². The molecule has 1 aromatic rings. The van der Waals surface area contributed by atoms with Crippen molar-refractivity contribution in [1.29, 1.82) is 0 Å². The predicted octanol–water partition coefficient (Wildman–Crippen LogP) is 3.93. The summed E-state index contributed by atoms with van der Waals surface area (Å²) in [4.78, 5) is 0. The summed E-state index contributed by atoms with van der Waals surface area (Å²) in [5.74, 6) is 1.55. The standard InChI is InChI=1S/C15H21BrO3/c1-15(2)7-6-12(19-15)10-18-14-8-11(9-16)4-5-13(14)17-3/h4-5,8,12H,6-7,9-10H2,1-3H3. The maximum atomic E-state index is 5.93. The van der Waals surface area contributed by atoms with Crippen molar-refractivity contribution in [2.75, 3.05) is 13.7 Å². The molecule has 1 saturated heterocycles. The summed E-state index contributed by atoms with van der Waals surface area (Å²) in [6, 6.07) is 5.97. The van der Waals surface area contributed by atoms with Crippen LogP contribution >= 0.6 is 15.9 Å². The van der Waals surface area contributed by atoms with Crippen LogP contribution in [0.4, 0.5) is 0 Å². The predicted molar refractivity (Wildman–Crippen MR) is 79.3 cm³/mol. The molecule has 0 bridgehead atoms. The van der Waals surface area contributed by atoms with Crippen LogP contribution in [0.2, 0.25) is 0 Å². The van der Waals surface area contributed by atoms with Crippen molar-refractivity contribution in [2.45, 2.75) is 43.7 Å². The molecule has 1 atom stereocenters. The molecule has 0 aromatic heterocycles. The number of alkyl halides is 1. The zero-order chi connectivity index (χ0) is 13.9. The molecule has 1 fully saturated rings. The van der Waals surface area contributed by atoms with Gasteiger partial charge in [-0.15, -0.1) is 0 Å². The van der Waals surface area contributed by atoms with Crippen LogP contribution in [0.5, 0.6) is 11.5 Å². The highest BCUT2D eigenvalue weighted by Gasteiger charge is 2.32. The maximum Gasteiger partial charge on any atom is 0.161 e. The zero-order valence-electron chi connectivity index (χ0n) is 11.7. The second-order valence-electron chi connectivity index (χ2n) is 5.47. The molecule has 2 rings (SSSR count). The number of benzene rings is 1. The Morgan fingerprint density at radius 2 is 2.16 bits per heavy atom. The van der Waals surface area contributed by atoms with Gasteiger partial charge < -0.3 is 14.2 Å².